The summed E-state index contributed by atoms with van der Waals surface area (Å²) >= 11 is 1.78. The van der Waals surface area contributed by atoms with Crippen molar-refractivity contribution in [3.05, 3.63) is 22.6 Å². The second kappa shape index (κ2) is 6.55. The van der Waals surface area contributed by atoms with Crippen molar-refractivity contribution < 1.29 is 4.79 Å². The second-order valence-corrected chi connectivity index (χ2v) is 9.12. The Morgan fingerprint density at radius 2 is 2.22 bits per heavy atom. The molecule has 2 atom stereocenters. The molecule has 1 fully saturated rings. The first kappa shape index (κ1) is 17.1. The van der Waals surface area contributed by atoms with E-state index in [1.54, 1.807) is 22.2 Å². The minimum Gasteiger partial charge on any atom is -0.333 e. The van der Waals surface area contributed by atoms with Crippen LogP contribution in [-0.2, 0) is 12.8 Å². The third-order valence-corrected chi connectivity index (χ3v) is 7.38. The summed E-state index contributed by atoms with van der Waals surface area (Å²) in [5.74, 6) is 0.961. The summed E-state index contributed by atoms with van der Waals surface area (Å²) in [5.41, 5.74) is 2.17. The number of fused-ring (bicyclic) bond motifs is 5. The predicted molar refractivity (Wildman–Crippen MR) is 106 cm³/mol. The number of nitrogens with zero attached hydrogens (tertiary/aromatic N) is 5. The molecule has 3 aromatic heterocycles. The van der Waals surface area contributed by atoms with E-state index in [2.05, 4.69) is 23.9 Å². The van der Waals surface area contributed by atoms with Crippen LogP contribution in [0.1, 0.15) is 67.0 Å². The molecular formula is C20H25N5OS. The maximum absolute atomic E-state index is 13.1. The molecule has 7 heteroatoms. The molecule has 1 saturated heterocycles. The average Bonchev–Trinajstić information content (AvgIpc) is 3.28. The number of aryl methyl sites for hydroxylation is 1. The second-order valence-electron chi connectivity index (χ2n) is 8.04. The number of hydrogen-bond donors (Lipinski definition) is 0. The van der Waals surface area contributed by atoms with Gasteiger partial charge in [0.1, 0.15) is 11.2 Å². The Morgan fingerprint density at radius 1 is 1.33 bits per heavy atom. The molecule has 0 spiro atoms. The third kappa shape index (κ3) is 2.74. The molecule has 27 heavy (non-hydrogen) atoms. The smallest absolute Gasteiger partial charge is 0.293 e. The molecule has 3 aromatic rings. The number of amides is 1. The maximum Gasteiger partial charge on any atom is 0.293 e. The summed E-state index contributed by atoms with van der Waals surface area (Å²) in [5, 5.41) is 5.62. The van der Waals surface area contributed by atoms with Gasteiger partial charge in [0.05, 0.1) is 5.39 Å². The molecule has 2 aliphatic rings. The van der Waals surface area contributed by atoms with E-state index in [1.165, 1.54) is 23.3 Å². The van der Waals surface area contributed by atoms with Gasteiger partial charge in [-0.3, -0.25) is 4.79 Å². The van der Waals surface area contributed by atoms with E-state index in [0.717, 1.165) is 54.5 Å². The lowest BCUT2D eigenvalue weighted by atomic mass is 9.89. The number of carbonyl (C=O) groups is 1. The zero-order valence-electron chi connectivity index (χ0n) is 15.9. The van der Waals surface area contributed by atoms with Crippen molar-refractivity contribution in [2.75, 3.05) is 6.54 Å². The van der Waals surface area contributed by atoms with Crippen molar-refractivity contribution in [2.24, 2.45) is 5.92 Å². The standard InChI is InChI=1S/C20H25N5OS/c1-3-13-6-4-5-9-24(13)20(26)17-22-18-16-14-10-12(2)7-8-15(14)27-19(16)21-11-25(18)23-17/h11-13H,3-10H2,1-2H3/t12-,13+/m1/s1. The van der Waals surface area contributed by atoms with E-state index in [4.69, 9.17) is 4.98 Å². The van der Waals surface area contributed by atoms with Gasteiger partial charge in [-0.05, 0) is 56.4 Å². The van der Waals surface area contributed by atoms with E-state index in [1.807, 2.05) is 4.90 Å². The van der Waals surface area contributed by atoms with Crippen LogP contribution in [0.2, 0.25) is 0 Å². The zero-order valence-corrected chi connectivity index (χ0v) is 16.8. The quantitative estimate of drug-likeness (QED) is 0.674. The van der Waals surface area contributed by atoms with Crippen molar-refractivity contribution in [1.29, 1.82) is 0 Å². The summed E-state index contributed by atoms with van der Waals surface area (Å²) in [6.45, 7) is 5.27. The number of likely N-dealkylation sites (tertiary alicyclic amines) is 1. The highest BCUT2D eigenvalue weighted by Crippen LogP contribution is 2.38. The fourth-order valence-electron chi connectivity index (χ4n) is 4.66. The number of thiophene rings is 1. The van der Waals surface area contributed by atoms with Crippen LogP contribution in [0.5, 0.6) is 0 Å². The summed E-state index contributed by atoms with van der Waals surface area (Å²) in [6.07, 6.45) is 9.47. The first-order valence-corrected chi connectivity index (χ1v) is 10.9. The van der Waals surface area contributed by atoms with Gasteiger partial charge in [0.15, 0.2) is 5.65 Å². The Balaban J connectivity index is 1.60. The summed E-state index contributed by atoms with van der Waals surface area (Å²) < 4.78 is 1.70. The van der Waals surface area contributed by atoms with Crippen LogP contribution in [0.15, 0.2) is 6.33 Å². The van der Waals surface area contributed by atoms with Crippen molar-refractivity contribution >= 4 is 33.1 Å². The van der Waals surface area contributed by atoms with Gasteiger partial charge in [-0.2, -0.15) is 0 Å². The Kier molecular flexibility index (Phi) is 4.15. The number of piperidine rings is 1. The van der Waals surface area contributed by atoms with Gasteiger partial charge in [-0.15, -0.1) is 16.4 Å². The maximum atomic E-state index is 13.1. The normalized spacial score (nSPS) is 23.1. The number of aromatic nitrogens is 4. The van der Waals surface area contributed by atoms with Crippen molar-refractivity contribution in [2.45, 2.75) is 64.8 Å². The van der Waals surface area contributed by atoms with Gasteiger partial charge in [0.25, 0.3) is 5.91 Å². The number of hydrogen-bond acceptors (Lipinski definition) is 5. The molecule has 0 bridgehead atoms. The van der Waals surface area contributed by atoms with E-state index in [9.17, 15) is 4.79 Å². The largest absolute Gasteiger partial charge is 0.333 e. The molecule has 0 aromatic carbocycles. The summed E-state index contributed by atoms with van der Waals surface area (Å²) in [7, 11) is 0. The molecule has 5 rings (SSSR count). The molecule has 6 nitrogen and oxygen atoms in total. The van der Waals surface area contributed by atoms with Gasteiger partial charge in [-0.1, -0.05) is 13.8 Å². The van der Waals surface area contributed by atoms with Gasteiger partial charge < -0.3 is 4.90 Å². The van der Waals surface area contributed by atoms with E-state index < -0.39 is 0 Å². The Hall–Kier alpha value is -2.02. The summed E-state index contributed by atoms with van der Waals surface area (Å²) in [4.78, 5) is 26.9. The van der Waals surface area contributed by atoms with Crippen LogP contribution in [-0.4, -0.2) is 43.0 Å². The Labute approximate surface area is 162 Å². The monoisotopic (exact) mass is 383 g/mol. The van der Waals surface area contributed by atoms with Crippen LogP contribution < -0.4 is 0 Å². The van der Waals surface area contributed by atoms with Crippen LogP contribution in [0.4, 0.5) is 0 Å². The number of carbonyl (C=O) groups excluding carboxylic acids is 1. The third-order valence-electron chi connectivity index (χ3n) is 6.18. The van der Waals surface area contributed by atoms with Gasteiger partial charge in [-0.25, -0.2) is 14.5 Å². The van der Waals surface area contributed by atoms with Crippen molar-refractivity contribution in [3.63, 3.8) is 0 Å². The van der Waals surface area contributed by atoms with Crippen LogP contribution in [0, 0.1) is 5.92 Å². The lowest BCUT2D eigenvalue weighted by molar-refractivity contribution is 0.0595. The topological polar surface area (TPSA) is 63.4 Å². The SMILES string of the molecule is CC[C@H]1CCCCN1C(=O)c1nc2c3c4c(sc3ncn2n1)CC[C@@H](C)C4. The molecule has 0 radical (unpaired) electrons. The van der Waals surface area contributed by atoms with Crippen LogP contribution >= 0.6 is 11.3 Å². The van der Waals surface area contributed by atoms with Crippen LogP contribution in [0.3, 0.4) is 0 Å². The molecule has 1 aliphatic carbocycles. The van der Waals surface area contributed by atoms with Gasteiger partial charge >= 0.3 is 0 Å². The Bertz CT molecular complexity index is 1020. The fourth-order valence-corrected chi connectivity index (χ4v) is 5.84. The highest BCUT2D eigenvalue weighted by molar-refractivity contribution is 7.19. The predicted octanol–water partition coefficient (Wildman–Crippen LogP) is 3.87. The average molecular weight is 384 g/mol. The molecular weight excluding hydrogens is 358 g/mol. The molecule has 0 saturated carbocycles. The molecule has 0 unspecified atom stereocenters. The molecule has 1 aliphatic heterocycles. The van der Waals surface area contributed by atoms with Crippen molar-refractivity contribution in [1.82, 2.24) is 24.5 Å². The highest BCUT2D eigenvalue weighted by atomic mass is 32.1. The first-order chi connectivity index (χ1) is 13.2. The fraction of sp³-hybridized carbons (Fsp3) is 0.600. The lowest BCUT2D eigenvalue weighted by Crippen LogP contribution is -2.43. The van der Waals surface area contributed by atoms with Crippen molar-refractivity contribution in [3.8, 4) is 0 Å². The molecule has 4 heterocycles. The lowest BCUT2D eigenvalue weighted by Gasteiger charge is -2.34. The molecule has 1 amide bonds. The van der Waals surface area contributed by atoms with E-state index in [-0.39, 0.29) is 5.91 Å². The van der Waals surface area contributed by atoms with E-state index >= 15 is 0 Å². The highest BCUT2D eigenvalue weighted by Gasteiger charge is 2.30. The molecule has 142 valence electrons. The van der Waals surface area contributed by atoms with E-state index in [0.29, 0.717) is 17.8 Å². The first-order valence-electron chi connectivity index (χ1n) is 10.1. The minimum atomic E-state index is -0.0316. The van der Waals surface area contributed by atoms with Gasteiger partial charge in [0, 0.05) is 17.5 Å². The zero-order chi connectivity index (χ0) is 18.5. The Morgan fingerprint density at radius 3 is 3.07 bits per heavy atom. The molecule has 0 N–H and O–H groups in total. The minimum absolute atomic E-state index is 0.0316. The van der Waals surface area contributed by atoms with Crippen LogP contribution in [0.25, 0.3) is 15.9 Å². The van der Waals surface area contributed by atoms with Gasteiger partial charge in [0.2, 0.25) is 5.82 Å². The number of rotatable bonds is 2. The summed E-state index contributed by atoms with van der Waals surface area (Å²) in [6, 6.07) is 0.311.